The van der Waals surface area contributed by atoms with Crippen molar-refractivity contribution in [2.75, 3.05) is 20.2 Å². The average molecular weight is 371 g/mol. The van der Waals surface area contributed by atoms with E-state index in [1.807, 2.05) is 45.0 Å². The number of aliphatic carboxylic acids is 1. The fraction of sp³-hybridized carbons (Fsp3) is 0.450. The molecule has 0 spiro atoms. The Balaban J connectivity index is 1.80. The molecule has 2 aromatic rings. The molecule has 1 aliphatic heterocycles. The highest BCUT2D eigenvalue weighted by Crippen LogP contribution is 2.34. The Bertz CT molecular complexity index is 874. The molecule has 1 saturated heterocycles. The molecule has 1 aromatic carbocycles. The number of aryl methyl sites for hydroxylation is 1. The van der Waals surface area contributed by atoms with Crippen LogP contribution in [-0.4, -0.2) is 51.9 Å². The van der Waals surface area contributed by atoms with Crippen molar-refractivity contribution in [1.29, 1.82) is 0 Å². The summed E-state index contributed by atoms with van der Waals surface area (Å²) in [5.74, 6) is -1.22. The highest BCUT2D eigenvalue weighted by Gasteiger charge is 2.40. The quantitative estimate of drug-likeness (QED) is 0.870. The van der Waals surface area contributed by atoms with Crippen molar-refractivity contribution < 1.29 is 19.4 Å². The van der Waals surface area contributed by atoms with Gasteiger partial charge in [-0.2, -0.15) is 5.10 Å². The van der Waals surface area contributed by atoms with Crippen molar-refractivity contribution in [3.05, 3.63) is 46.8 Å². The Morgan fingerprint density at radius 1 is 1.26 bits per heavy atom. The number of ether oxygens (including phenoxy) is 1. The molecule has 0 bridgehead atoms. The van der Waals surface area contributed by atoms with E-state index < -0.39 is 11.9 Å². The van der Waals surface area contributed by atoms with Crippen LogP contribution in [0.15, 0.2) is 24.3 Å². The maximum absolute atomic E-state index is 12.8. The lowest BCUT2D eigenvalue weighted by molar-refractivity contribution is -0.141. The average Bonchev–Trinajstić information content (AvgIpc) is 3.20. The van der Waals surface area contributed by atoms with E-state index in [1.165, 1.54) is 0 Å². The number of nitrogens with zero attached hydrogens (tertiary/aromatic N) is 3. The van der Waals surface area contributed by atoms with E-state index in [0.29, 0.717) is 12.3 Å². The predicted molar refractivity (Wildman–Crippen MR) is 99.9 cm³/mol. The minimum atomic E-state index is -0.889. The second-order valence-corrected chi connectivity index (χ2v) is 7.08. The molecule has 2 heterocycles. The second kappa shape index (κ2) is 7.42. The van der Waals surface area contributed by atoms with Gasteiger partial charge in [0.2, 0.25) is 5.91 Å². The molecular weight excluding hydrogens is 346 g/mol. The van der Waals surface area contributed by atoms with Gasteiger partial charge in [-0.25, -0.2) is 0 Å². The summed E-state index contributed by atoms with van der Waals surface area (Å²) in [6, 6.07) is 7.40. The van der Waals surface area contributed by atoms with Gasteiger partial charge in [0.25, 0.3) is 0 Å². The van der Waals surface area contributed by atoms with Crippen LogP contribution in [0, 0.1) is 26.7 Å². The minimum Gasteiger partial charge on any atom is -0.497 e. The van der Waals surface area contributed by atoms with Crippen molar-refractivity contribution in [2.45, 2.75) is 33.2 Å². The van der Waals surface area contributed by atoms with Gasteiger partial charge in [-0.15, -0.1) is 0 Å². The molecule has 2 atom stereocenters. The fourth-order valence-corrected chi connectivity index (χ4v) is 3.64. The van der Waals surface area contributed by atoms with Crippen LogP contribution >= 0.6 is 0 Å². The topological polar surface area (TPSA) is 84.7 Å². The van der Waals surface area contributed by atoms with Crippen LogP contribution in [-0.2, 0) is 16.1 Å². The fourth-order valence-electron chi connectivity index (χ4n) is 3.64. The largest absolute Gasteiger partial charge is 0.497 e. The van der Waals surface area contributed by atoms with Crippen molar-refractivity contribution in [1.82, 2.24) is 14.7 Å². The molecule has 0 radical (unpaired) electrons. The zero-order valence-electron chi connectivity index (χ0n) is 16.1. The molecule has 1 fully saturated rings. The number of carboxylic acids is 1. The minimum absolute atomic E-state index is 0.114. The van der Waals surface area contributed by atoms with E-state index >= 15 is 0 Å². The summed E-state index contributed by atoms with van der Waals surface area (Å²) >= 11 is 0. The summed E-state index contributed by atoms with van der Waals surface area (Å²) in [6.07, 6.45) is 0. The van der Waals surface area contributed by atoms with Crippen molar-refractivity contribution in [3.8, 4) is 5.75 Å². The monoisotopic (exact) mass is 371 g/mol. The Morgan fingerprint density at radius 2 is 2.00 bits per heavy atom. The third-order valence-electron chi connectivity index (χ3n) is 5.54. The summed E-state index contributed by atoms with van der Waals surface area (Å²) in [5, 5.41) is 14.1. The van der Waals surface area contributed by atoms with Gasteiger partial charge in [0.05, 0.1) is 18.7 Å². The number of rotatable bonds is 5. The van der Waals surface area contributed by atoms with E-state index in [0.717, 1.165) is 22.5 Å². The molecule has 7 nitrogen and oxygen atoms in total. The lowest BCUT2D eigenvalue weighted by Gasteiger charge is -2.17. The first-order chi connectivity index (χ1) is 12.8. The second-order valence-electron chi connectivity index (χ2n) is 7.08. The van der Waals surface area contributed by atoms with E-state index in [2.05, 4.69) is 5.10 Å². The van der Waals surface area contributed by atoms with Gasteiger partial charge in [0, 0.05) is 24.7 Å². The van der Waals surface area contributed by atoms with Gasteiger partial charge in [-0.1, -0.05) is 12.1 Å². The number of carboxylic acid groups (broad SMARTS) is 1. The van der Waals surface area contributed by atoms with Crippen molar-refractivity contribution in [2.24, 2.45) is 5.92 Å². The smallest absolute Gasteiger partial charge is 0.308 e. The molecule has 0 aliphatic carbocycles. The molecule has 3 rings (SSSR count). The zero-order chi connectivity index (χ0) is 19.7. The number of carbonyl (C=O) groups excluding carboxylic acids is 1. The first-order valence-corrected chi connectivity index (χ1v) is 8.97. The molecule has 1 amide bonds. The third-order valence-corrected chi connectivity index (χ3v) is 5.54. The first-order valence-electron chi connectivity index (χ1n) is 8.97. The number of methoxy groups -OCH3 is 1. The Labute approximate surface area is 158 Å². The third kappa shape index (κ3) is 3.67. The standard InChI is InChI=1S/C20H25N3O4/c1-12-13(2)21-23(14(12)3)11-19(24)22-9-17(18(10-22)20(25)26)15-6-5-7-16(8-15)27-4/h5-8,17-18H,9-11H2,1-4H3,(H,25,26)/t17-,18+/m0/s1. The summed E-state index contributed by atoms with van der Waals surface area (Å²) < 4.78 is 6.95. The predicted octanol–water partition coefficient (Wildman–Crippen LogP) is 2.14. The number of hydrogen-bond acceptors (Lipinski definition) is 4. The van der Waals surface area contributed by atoms with E-state index in [1.54, 1.807) is 16.7 Å². The lowest BCUT2D eigenvalue weighted by atomic mass is 9.89. The van der Waals surface area contributed by atoms with Gasteiger partial charge < -0.3 is 14.7 Å². The van der Waals surface area contributed by atoms with Gasteiger partial charge in [-0.05, 0) is 44.0 Å². The molecule has 1 aliphatic rings. The summed E-state index contributed by atoms with van der Waals surface area (Å²) in [5.41, 5.74) is 3.81. The number of amides is 1. The first kappa shape index (κ1) is 18.9. The van der Waals surface area contributed by atoms with Crippen LogP contribution in [0.5, 0.6) is 5.75 Å². The molecule has 1 N–H and O–H groups in total. The molecule has 144 valence electrons. The van der Waals surface area contributed by atoms with Crippen LogP contribution in [0.1, 0.15) is 28.4 Å². The van der Waals surface area contributed by atoms with Gasteiger partial charge >= 0.3 is 5.97 Å². The summed E-state index contributed by atoms with van der Waals surface area (Å²) in [4.78, 5) is 26.2. The molecule has 0 saturated carbocycles. The number of benzene rings is 1. The highest BCUT2D eigenvalue weighted by molar-refractivity contribution is 5.79. The highest BCUT2D eigenvalue weighted by atomic mass is 16.5. The van der Waals surface area contributed by atoms with Crippen molar-refractivity contribution in [3.63, 3.8) is 0 Å². The molecule has 0 unspecified atom stereocenters. The number of aromatic nitrogens is 2. The van der Waals surface area contributed by atoms with E-state index in [4.69, 9.17) is 4.74 Å². The SMILES string of the molecule is COc1cccc([C@@H]2CN(C(=O)Cn3nc(C)c(C)c3C)C[C@H]2C(=O)O)c1. The van der Waals surface area contributed by atoms with Crippen molar-refractivity contribution >= 4 is 11.9 Å². The van der Waals surface area contributed by atoms with Crippen LogP contribution in [0.2, 0.25) is 0 Å². The van der Waals surface area contributed by atoms with Gasteiger partial charge in [0.15, 0.2) is 0 Å². The number of carbonyl (C=O) groups is 2. The van der Waals surface area contributed by atoms with E-state index in [9.17, 15) is 14.7 Å². The lowest BCUT2D eigenvalue weighted by Crippen LogP contribution is -2.33. The van der Waals surface area contributed by atoms with Crippen LogP contribution in [0.3, 0.4) is 0 Å². The number of likely N-dealkylation sites (tertiary alicyclic amines) is 1. The van der Waals surface area contributed by atoms with Gasteiger partial charge in [-0.3, -0.25) is 14.3 Å². The molecule has 7 heteroatoms. The Hall–Kier alpha value is -2.83. The van der Waals surface area contributed by atoms with Gasteiger partial charge in [0.1, 0.15) is 12.3 Å². The summed E-state index contributed by atoms with van der Waals surface area (Å²) in [6.45, 7) is 6.53. The molecule has 27 heavy (non-hydrogen) atoms. The summed E-state index contributed by atoms with van der Waals surface area (Å²) in [7, 11) is 1.58. The van der Waals surface area contributed by atoms with Crippen LogP contribution in [0.25, 0.3) is 0 Å². The maximum atomic E-state index is 12.8. The Kier molecular flexibility index (Phi) is 5.21. The normalized spacial score (nSPS) is 19.3. The number of hydrogen-bond donors (Lipinski definition) is 1. The Morgan fingerprint density at radius 3 is 2.59 bits per heavy atom. The van der Waals surface area contributed by atoms with E-state index in [-0.39, 0.29) is 24.9 Å². The van der Waals surface area contributed by atoms with Crippen LogP contribution in [0.4, 0.5) is 0 Å². The molecule has 1 aromatic heterocycles. The zero-order valence-corrected chi connectivity index (χ0v) is 16.1. The maximum Gasteiger partial charge on any atom is 0.308 e. The molecular formula is C20H25N3O4. The van der Waals surface area contributed by atoms with Crippen LogP contribution < -0.4 is 4.74 Å².